The smallest absolute Gasteiger partial charge is 0.136 e. The molecule has 0 bridgehead atoms. The van der Waals surface area contributed by atoms with Crippen molar-refractivity contribution in [2.45, 2.75) is 57.5 Å². The Labute approximate surface area is 168 Å². The molecule has 3 rings (SSSR count). The first-order chi connectivity index (χ1) is 13.7. The molecule has 2 aromatic rings. The van der Waals surface area contributed by atoms with Crippen molar-refractivity contribution >= 4 is 12.3 Å². The Bertz CT molecular complexity index is 835. The van der Waals surface area contributed by atoms with Gasteiger partial charge in [0.05, 0.1) is 29.5 Å². The fourth-order valence-electron chi connectivity index (χ4n) is 4.21. The van der Waals surface area contributed by atoms with Crippen LogP contribution in [0.2, 0.25) is 0 Å². The fraction of sp³-hybridized carbons (Fsp3) is 0.435. The number of nitrogens with zero attached hydrogens (tertiary/aromatic N) is 5. The largest absolute Gasteiger partial charge is 0.307 e. The molecule has 0 aromatic carbocycles. The second-order valence-electron chi connectivity index (χ2n) is 7.34. The number of hydrogen-bond donors (Lipinski definition) is 0. The summed E-state index contributed by atoms with van der Waals surface area (Å²) in [6.07, 6.45) is 13.4. The molecular weight excluding hydrogens is 346 g/mol. The number of aryl methyl sites for hydroxylation is 1. The van der Waals surface area contributed by atoms with Crippen LogP contribution < -0.4 is 0 Å². The molecule has 1 fully saturated rings. The van der Waals surface area contributed by atoms with Crippen LogP contribution in [0.15, 0.2) is 37.7 Å². The lowest BCUT2D eigenvalue weighted by Gasteiger charge is -2.41. The third-order valence-corrected chi connectivity index (χ3v) is 5.58. The van der Waals surface area contributed by atoms with E-state index in [1.54, 1.807) is 12.3 Å². The van der Waals surface area contributed by atoms with Crippen molar-refractivity contribution in [3.05, 3.63) is 60.5 Å². The topological polar surface area (TPSA) is 57.7 Å². The molecular formula is C23H29N5. The third-order valence-electron chi connectivity index (χ3n) is 5.58. The normalized spacial score (nSPS) is 19.9. The summed E-state index contributed by atoms with van der Waals surface area (Å²) in [5.41, 5.74) is 3.46. The Morgan fingerprint density at radius 1 is 1.29 bits per heavy atom. The highest BCUT2D eigenvalue weighted by molar-refractivity contribution is 5.43. The Morgan fingerprint density at radius 3 is 2.79 bits per heavy atom. The molecule has 0 radical (unpaired) electrons. The third kappa shape index (κ3) is 4.23. The first-order valence-electron chi connectivity index (χ1n) is 10.1. The van der Waals surface area contributed by atoms with Crippen LogP contribution in [0, 0.1) is 18.3 Å². The van der Waals surface area contributed by atoms with Crippen LogP contribution in [-0.4, -0.2) is 26.0 Å². The summed E-state index contributed by atoms with van der Waals surface area (Å²) in [7, 11) is 0. The number of piperidine rings is 1. The van der Waals surface area contributed by atoms with E-state index in [4.69, 9.17) is 15.2 Å². The van der Waals surface area contributed by atoms with Gasteiger partial charge in [-0.3, -0.25) is 9.88 Å². The average Bonchev–Trinajstić information content (AvgIpc) is 3.15. The molecule has 0 spiro atoms. The average molecular weight is 376 g/mol. The quantitative estimate of drug-likeness (QED) is 0.588. The van der Waals surface area contributed by atoms with Gasteiger partial charge in [-0.25, -0.2) is 4.98 Å². The van der Waals surface area contributed by atoms with E-state index in [9.17, 15) is 0 Å². The van der Waals surface area contributed by atoms with Crippen LogP contribution in [0.25, 0.3) is 12.3 Å². The van der Waals surface area contributed by atoms with E-state index in [0.29, 0.717) is 6.42 Å². The highest BCUT2D eigenvalue weighted by Crippen LogP contribution is 2.41. The van der Waals surface area contributed by atoms with E-state index in [1.807, 2.05) is 16.8 Å². The van der Waals surface area contributed by atoms with Crippen LogP contribution in [-0.2, 0) is 0 Å². The fourth-order valence-corrected chi connectivity index (χ4v) is 4.21. The van der Waals surface area contributed by atoms with Crippen LogP contribution in [0.4, 0.5) is 0 Å². The van der Waals surface area contributed by atoms with Crippen molar-refractivity contribution < 1.29 is 0 Å². The van der Waals surface area contributed by atoms with Gasteiger partial charge in [0.15, 0.2) is 0 Å². The lowest BCUT2D eigenvalue weighted by atomic mass is 9.90. The number of nitriles is 1. The van der Waals surface area contributed by atoms with Gasteiger partial charge >= 0.3 is 0 Å². The van der Waals surface area contributed by atoms with Gasteiger partial charge in [-0.1, -0.05) is 19.2 Å². The number of imidazole rings is 1. The number of unbranched alkanes of at least 4 members (excludes halogenated alkanes) is 2. The van der Waals surface area contributed by atoms with Gasteiger partial charge in [-0.2, -0.15) is 5.26 Å². The lowest BCUT2D eigenvalue weighted by molar-refractivity contribution is 0.0750. The number of rotatable bonds is 8. The Morgan fingerprint density at radius 2 is 2.11 bits per heavy atom. The van der Waals surface area contributed by atoms with E-state index in [1.165, 1.54) is 11.3 Å². The van der Waals surface area contributed by atoms with Crippen molar-refractivity contribution in [3.63, 3.8) is 0 Å². The zero-order chi connectivity index (χ0) is 19.9. The van der Waals surface area contributed by atoms with Gasteiger partial charge in [0.25, 0.3) is 0 Å². The number of hydrogen-bond acceptors (Lipinski definition) is 4. The maximum absolute atomic E-state index is 8.88. The molecule has 5 heteroatoms. The summed E-state index contributed by atoms with van der Waals surface area (Å²) in [5, 5.41) is 8.88. The maximum Gasteiger partial charge on any atom is 0.136 e. The highest BCUT2D eigenvalue weighted by atomic mass is 15.2. The van der Waals surface area contributed by atoms with Gasteiger partial charge in [-0.05, 0) is 63.3 Å². The number of aromatic nitrogens is 3. The molecule has 0 amide bonds. The standard InChI is InChI=1S/C23H29N5/c1-4-22-26-19(17-27(22)5-2)20-12-9-13-21(23-18(3)11-10-15-25-23)28(20)16-8-6-7-14-24/h4-5,10-11,15,17,20-21H,1-2,6-9,12-13,16H2,3H3. The molecule has 0 aliphatic carbocycles. The Kier molecular flexibility index (Phi) is 6.78. The van der Waals surface area contributed by atoms with Gasteiger partial charge in [-0.15, -0.1) is 0 Å². The number of pyridine rings is 1. The van der Waals surface area contributed by atoms with E-state index < -0.39 is 0 Å². The van der Waals surface area contributed by atoms with E-state index >= 15 is 0 Å². The summed E-state index contributed by atoms with van der Waals surface area (Å²) < 4.78 is 1.94. The predicted octanol–water partition coefficient (Wildman–Crippen LogP) is 5.29. The van der Waals surface area contributed by atoms with Crippen molar-refractivity contribution in [2.24, 2.45) is 0 Å². The van der Waals surface area contributed by atoms with Crippen molar-refractivity contribution in [2.75, 3.05) is 6.54 Å². The van der Waals surface area contributed by atoms with Gasteiger partial charge in [0, 0.05) is 25.0 Å². The van der Waals surface area contributed by atoms with Gasteiger partial charge in [0.2, 0.25) is 0 Å². The number of likely N-dealkylation sites (tertiary alicyclic amines) is 1. The first kappa shape index (κ1) is 20.0. The molecule has 146 valence electrons. The molecule has 2 aromatic heterocycles. The minimum absolute atomic E-state index is 0.238. The summed E-state index contributed by atoms with van der Waals surface area (Å²) in [4.78, 5) is 12.1. The van der Waals surface area contributed by atoms with Crippen molar-refractivity contribution in [1.82, 2.24) is 19.4 Å². The molecule has 5 nitrogen and oxygen atoms in total. The molecule has 3 heterocycles. The highest BCUT2D eigenvalue weighted by Gasteiger charge is 2.34. The van der Waals surface area contributed by atoms with Gasteiger partial charge < -0.3 is 4.57 Å². The molecule has 1 aliphatic rings. The summed E-state index contributed by atoms with van der Waals surface area (Å²) in [5.74, 6) is 0.825. The van der Waals surface area contributed by atoms with Crippen LogP contribution in [0.3, 0.4) is 0 Å². The van der Waals surface area contributed by atoms with Gasteiger partial charge in [0.1, 0.15) is 5.82 Å². The summed E-state index contributed by atoms with van der Waals surface area (Å²) in [6.45, 7) is 10.8. The molecule has 1 saturated heterocycles. The van der Waals surface area contributed by atoms with Crippen LogP contribution >= 0.6 is 0 Å². The van der Waals surface area contributed by atoms with Crippen LogP contribution in [0.1, 0.15) is 73.4 Å². The molecule has 2 atom stereocenters. The molecule has 28 heavy (non-hydrogen) atoms. The minimum atomic E-state index is 0.238. The summed E-state index contributed by atoms with van der Waals surface area (Å²) in [6, 6.07) is 6.92. The van der Waals surface area contributed by atoms with Crippen LogP contribution in [0.5, 0.6) is 0 Å². The van der Waals surface area contributed by atoms with E-state index in [-0.39, 0.29) is 12.1 Å². The zero-order valence-electron chi connectivity index (χ0n) is 16.7. The van der Waals surface area contributed by atoms with E-state index in [2.05, 4.69) is 43.3 Å². The molecule has 0 saturated carbocycles. The second-order valence-corrected chi connectivity index (χ2v) is 7.34. The predicted molar refractivity (Wildman–Crippen MR) is 113 cm³/mol. The van der Waals surface area contributed by atoms with Crippen molar-refractivity contribution in [1.29, 1.82) is 5.26 Å². The SMILES string of the molecule is C=Cc1nc(C2CCCC(c3ncccc3C)N2CCCCC#N)cn1C=C. The molecule has 2 unspecified atom stereocenters. The lowest BCUT2D eigenvalue weighted by Crippen LogP contribution is -2.38. The molecule has 1 aliphatic heterocycles. The van der Waals surface area contributed by atoms with Crippen molar-refractivity contribution in [3.8, 4) is 6.07 Å². The summed E-state index contributed by atoms with van der Waals surface area (Å²) >= 11 is 0. The monoisotopic (exact) mass is 375 g/mol. The minimum Gasteiger partial charge on any atom is -0.307 e. The maximum atomic E-state index is 8.88. The second kappa shape index (κ2) is 9.48. The Balaban J connectivity index is 1.93. The first-order valence-corrected chi connectivity index (χ1v) is 10.1. The molecule has 0 N–H and O–H groups in total. The zero-order valence-corrected chi connectivity index (χ0v) is 16.7. The van der Waals surface area contributed by atoms with E-state index in [0.717, 1.165) is 50.2 Å². The Hall–Kier alpha value is -2.71.